The van der Waals surface area contributed by atoms with Crippen LogP contribution in [0.2, 0.25) is 0 Å². The van der Waals surface area contributed by atoms with Gasteiger partial charge >= 0.3 is 0 Å². The second kappa shape index (κ2) is 8.85. The zero-order valence-corrected chi connectivity index (χ0v) is 15.8. The number of carbonyl (C=O) groups excluding carboxylic acids is 1. The molecule has 0 saturated heterocycles. The zero-order chi connectivity index (χ0) is 19.9. The topological polar surface area (TPSA) is 51.2 Å². The first-order valence-corrected chi connectivity index (χ1v) is 9.37. The summed E-state index contributed by atoms with van der Waals surface area (Å²) in [5, 5.41) is 3.88. The molecule has 1 amide bonds. The standard InChI is InChI=1S/C25H20N2O2/c28-24(27-23-10-4-8-21-9-5-17-26-25(21)23)16-13-19-11-14-22(15-12-19)29-18-20-6-2-1-3-7-20/h1-17H,18H2,(H,27,28)/b16-13+. The maximum Gasteiger partial charge on any atom is 0.248 e. The van der Waals surface area contributed by atoms with Gasteiger partial charge in [-0.25, -0.2) is 0 Å². The molecule has 1 aromatic heterocycles. The van der Waals surface area contributed by atoms with Crippen LogP contribution in [0.25, 0.3) is 17.0 Å². The molecule has 0 saturated carbocycles. The van der Waals surface area contributed by atoms with Crippen molar-refractivity contribution in [2.75, 3.05) is 5.32 Å². The predicted octanol–water partition coefficient (Wildman–Crippen LogP) is 5.47. The third-order valence-corrected chi connectivity index (χ3v) is 4.45. The number of ether oxygens (including phenoxy) is 1. The molecule has 0 aliphatic rings. The highest BCUT2D eigenvalue weighted by molar-refractivity contribution is 6.06. The molecule has 0 unspecified atom stereocenters. The Morgan fingerprint density at radius 2 is 1.69 bits per heavy atom. The van der Waals surface area contributed by atoms with E-state index in [1.54, 1.807) is 12.3 Å². The van der Waals surface area contributed by atoms with E-state index in [9.17, 15) is 4.79 Å². The second-order valence-electron chi connectivity index (χ2n) is 6.55. The van der Waals surface area contributed by atoms with Crippen LogP contribution in [0.5, 0.6) is 5.75 Å². The first-order chi connectivity index (χ1) is 14.3. The summed E-state index contributed by atoms with van der Waals surface area (Å²) in [5.41, 5.74) is 3.51. The number of rotatable bonds is 6. The number of hydrogen-bond donors (Lipinski definition) is 1. The molecule has 142 valence electrons. The van der Waals surface area contributed by atoms with Crippen molar-refractivity contribution >= 4 is 28.6 Å². The summed E-state index contributed by atoms with van der Waals surface area (Å²) in [5.74, 6) is 0.588. The van der Waals surface area contributed by atoms with Crippen molar-refractivity contribution in [3.8, 4) is 5.75 Å². The maximum absolute atomic E-state index is 12.3. The highest BCUT2D eigenvalue weighted by Gasteiger charge is 2.04. The minimum absolute atomic E-state index is 0.201. The number of amides is 1. The molecule has 4 rings (SSSR count). The van der Waals surface area contributed by atoms with Gasteiger partial charge in [0.25, 0.3) is 0 Å². The van der Waals surface area contributed by atoms with E-state index in [1.165, 1.54) is 6.08 Å². The zero-order valence-electron chi connectivity index (χ0n) is 15.8. The lowest BCUT2D eigenvalue weighted by Gasteiger charge is -2.07. The first kappa shape index (κ1) is 18.4. The molecule has 4 aromatic rings. The number of anilines is 1. The molecule has 4 nitrogen and oxygen atoms in total. The molecule has 0 bridgehead atoms. The summed E-state index contributed by atoms with van der Waals surface area (Å²) < 4.78 is 5.78. The molecule has 0 spiro atoms. The van der Waals surface area contributed by atoms with E-state index in [-0.39, 0.29) is 5.91 Å². The molecule has 29 heavy (non-hydrogen) atoms. The summed E-state index contributed by atoms with van der Waals surface area (Å²) >= 11 is 0. The molecule has 4 heteroatoms. The van der Waals surface area contributed by atoms with Gasteiger partial charge in [0.1, 0.15) is 12.4 Å². The minimum atomic E-state index is -0.201. The van der Waals surface area contributed by atoms with E-state index in [0.29, 0.717) is 12.3 Å². The summed E-state index contributed by atoms with van der Waals surface area (Å²) in [6, 6.07) is 27.2. The van der Waals surface area contributed by atoms with Crippen LogP contribution in [0, 0.1) is 0 Å². The smallest absolute Gasteiger partial charge is 0.248 e. The van der Waals surface area contributed by atoms with Crippen LogP contribution in [0.3, 0.4) is 0 Å². The van der Waals surface area contributed by atoms with Crippen molar-refractivity contribution in [2.45, 2.75) is 6.61 Å². The van der Waals surface area contributed by atoms with Crippen molar-refractivity contribution < 1.29 is 9.53 Å². The van der Waals surface area contributed by atoms with E-state index in [0.717, 1.165) is 27.8 Å². The molecular weight excluding hydrogens is 360 g/mol. The Morgan fingerprint density at radius 1 is 0.897 bits per heavy atom. The predicted molar refractivity (Wildman–Crippen MR) is 117 cm³/mol. The fourth-order valence-corrected chi connectivity index (χ4v) is 2.97. The van der Waals surface area contributed by atoms with Crippen molar-refractivity contribution in [1.82, 2.24) is 4.98 Å². The summed E-state index contributed by atoms with van der Waals surface area (Å²) in [4.78, 5) is 16.7. The average Bonchev–Trinajstić information content (AvgIpc) is 2.78. The van der Waals surface area contributed by atoms with Crippen LogP contribution in [-0.4, -0.2) is 10.9 Å². The number of nitrogens with one attached hydrogen (secondary N) is 1. The van der Waals surface area contributed by atoms with E-state index in [4.69, 9.17) is 4.74 Å². The molecule has 3 aromatic carbocycles. The minimum Gasteiger partial charge on any atom is -0.489 e. The van der Waals surface area contributed by atoms with E-state index in [1.807, 2.05) is 84.9 Å². The van der Waals surface area contributed by atoms with Crippen molar-refractivity contribution in [1.29, 1.82) is 0 Å². The molecule has 0 aliphatic heterocycles. The maximum atomic E-state index is 12.3. The Kier molecular flexibility index (Phi) is 5.63. The van der Waals surface area contributed by atoms with Crippen LogP contribution in [0.1, 0.15) is 11.1 Å². The van der Waals surface area contributed by atoms with Crippen LogP contribution >= 0.6 is 0 Å². The fraction of sp³-hybridized carbons (Fsp3) is 0.0400. The number of carbonyl (C=O) groups is 1. The summed E-state index contributed by atoms with van der Waals surface area (Å²) in [6.45, 7) is 0.525. The molecule has 0 radical (unpaired) electrons. The normalized spacial score (nSPS) is 10.9. The molecule has 0 atom stereocenters. The van der Waals surface area contributed by atoms with Crippen molar-refractivity contribution in [3.05, 3.63) is 108 Å². The van der Waals surface area contributed by atoms with E-state index in [2.05, 4.69) is 10.3 Å². The number of nitrogens with zero attached hydrogens (tertiary/aromatic N) is 1. The highest BCUT2D eigenvalue weighted by Crippen LogP contribution is 2.21. The van der Waals surface area contributed by atoms with Gasteiger partial charge in [-0.2, -0.15) is 0 Å². The lowest BCUT2D eigenvalue weighted by molar-refractivity contribution is -0.111. The summed E-state index contributed by atoms with van der Waals surface area (Å²) in [6.07, 6.45) is 5.01. The third-order valence-electron chi connectivity index (χ3n) is 4.45. The summed E-state index contributed by atoms with van der Waals surface area (Å²) in [7, 11) is 0. The Hall–Kier alpha value is -3.92. The Morgan fingerprint density at radius 3 is 2.52 bits per heavy atom. The Labute approximate surface area is 169 Å². The van der Waals surface area contributed by atoms with Gasteiger partial charge in [0.05, 0.1) is 11.2 Å². The molecule has 0 fully saturated rings. The number of hydrogen-bond acceptors (Lipinski definition) is 3. The number of benzene rings is 3. The quantitative estimate of drug-likeness (QED) is 0.452. The molecule has 0 aliphatic carbocycles. The number of para-hydroxylation sites is 1. The van der Waals surface area contributed by atoms with Gasteiger partial charge in [-0.1, -0.05) is 60.7 Å². The van der Waals surface area contributed by atoms with E-state index >= 15 is 0 Å². The van der Waals surface area contributed by atoms with Crippen LogP contribution < -0.4 is 10.1 Å². The largest absolute Gasteiger partial charge is 0.489 e. The van der Waals surface area contributed by atoms with Gasteiger partial charge in [-0.15, -0.1) is 0 Å². The van der Waals surface area contributed by atoms with Gasteiger partial charge in [0.15, 0.2) is 0 Å². The highest BCUT2D eigenvalue weighted by atomic mass is 16.5. The Balaban J connectivity index is 1.36. The number of pyridine rings is 1. The van der Waals surface area contributed by atoms with Crippen LogP contribution in [0.15, 0.2) is 97.2 Å². The van der Waals surface area contributed by atoms with Gasteiger partial charge in [-0.05, 0) is 41.5 Å². The lowest BCUT2D eigenvalue weighted by atomic mass is 10.2. The first-order valence-electron chi connectivity index (χ1n) is 9.37. The molecule has 1 heterocycles. The monoisotopic (exact) mass is 380 g/mol. The van der Waals surface area contributed by atoms with Crippen LogP contribution in [-0.2, 0) is 11.4 Å². The Bertz CT molecular complexity index is 1130. The second-order valence-corrected chi connectivity index (χ2v) is 6.55. The number of fused-ring (bicyclic) bond motifs is 1. The van der Waals surface area contributed by atoms with Gasteiger partial charge < -0.3 is 10.1 Å². The van der Waals surface area contributed by atoms with Gasteiger partial charge in [0, 0.05) is 17.7 Å². The third kappa shape index (κ3) is 4.87. The van der Waals surface area contributed by atoms with Gasteiger partial charge in [-0.3, -0.25) is 9.78 Å². The van der Waals surface area contributed by atoms with Crippen molar-refractivity contribution in [3.63, 3.8) is 0 Å². The van der Waals surface area contributed by atoms with E-state index < -0.39 is 0 Å². The molecule has 1 N–H and O–H groups in total. The SMILES string of the molecule is O=C(/C=C/c1ccc(OCc2ccccc2)cc1)Nc1cccc2cccnc12. The van der Waals surface area contributed by atoms with Gasteiger partial charge in [0.2, 0.25) is 5.91 Å². The van der Waals surface area contributed by atoms with Crippen molar-refractivity contribution in [2.24, 2.45) is 0 Å². The lowest BCUT2D eigenvalue weighted by Crippen LogP contribution is -2.08. The number of aromatic nitrogens is 1. The fourth-order valence-electron chi connectivity index (χ4n) is 2.97. The molecular formula is C25H20N2O2. The average molecular weight is 380 g/mol. The van der Waals surface area contributed by atoms with Crippen LogP contribution in [0.4, 0.5) is 5.69 Å².